The maximum atomic E-state index is 4.34. The van der Waals surface area contributed by atoms with Gasteiger partial charge in [0.1, 0.15) is 0 Å². The molecule has 0 aliphatic rings. The molecule has 68 valence electrons. The van der Waals surface area contributed by atoms with Crippen molar-refractivity contribution in [1.29, 1.82) is 0 Å². The quantitative estimate of drug-likeness (QED) is 0.731. The van der Waals surface area contributed by atoms with E-state index in [0.29, 0.717) is 0 Å². The third-order valence-electron chi connectivity index (χ3n) is 2.21. The summed E-state index contributed by atoms with van der Waals surface area (Å²) < 4.78 is 1.93. The van der Waals surface area contributed by atoms with Crippen molar-refractivity contribution in [2.45, 2.75) is 27.3 Å². The van der Waals surface area contributed by atoms with Crippen LogP contribution in [0.25, 0.3) is 0 Å². The van der Waals surface area contributed by atoms with Crippen LogP contribution in [0.1, 0.15) is 23.9 Å². The predicted molar refractivity (Wildman–Crippen MR) is 50.1 cm³/mol. The van der Waals surface area contributed by atoms with Gasteiger partial charge in [-0.05, 0) is 20.4 Å². The van der Waals surface area contributed by atoms with Crippen LogP contribution in [0, 0.1) is 13.8 Å². The van der Waals surface area contributed by atoms with Gasteiger partial charge in [-0.25, -0.2) is 0 Å². The van der Waals surface area contributed by atoms with E-state index >= 15 is 0 Å². The molecule has 0 saturated carbocycles. The average molecular weight is 167 g/mol. The van der Waals surface area contributed by atoms with E-state index in [-0.39, 0.29) is 0 Å². The van der Waals surface area contributed by atoms with E-state index < -0.39 is 0 Å². The maximum Gasteiger partial charge on any atom is 0.0641 e. The normalized spacial score (nSPS) is 10.7. The molecular formula is C9H17N3. The summed E-state index contributed by atoms with van der Waals surface area (Å²) in [6.07, 6.45) is 0. The zero-order valence-corrected chi connectivity index (χ0v) is 8.31. The molecule has 0 fully saturated rings. The van der Waals surface area contributed by atoms with Crippen molar-refractivity contribution in [2.24, 2.45) is 7.05 Å². The molecule has 0 aliphatic carbocycles. The predicted octanol–water partition coefficient (Wildman–Crippen LogP) is 1.15. The summed E-state index contributed by atoms with van der Waals surface area (Å²) in [5, 5.41) is 7.65. The Hall–Kier alpha value is -0.830. The molecule has 1 aromatic rings. The van der Waals surface area contributed by atoms with Crippen molar-refractivity contribution in [3.8, 4) is 0 Å². The molecular weight excluding hydrogens is 150 g/mol. The Bertz CT molecular complexity index is 263. The summed E-state index contributed by atoms with van der Waals surface area (Å²) in [5.41, 5.74) is 3.73. The Kier molecular flexibility index (Phi) is 2.87. The lowest BCUT2D eigenvalue weighted by Crippen LogP contribution is -2.13. The Balaban J connectivity index is 2.82. The van der Waals surface area contributed by atoms with Crippen LogP contribution < -0.4 is 5.32 Å². The third kappa shape index (κ3) is 1.67. The first-order valence-corrected chi connectivity index (χ1v) is 4.36. The van der Waals surface area contributed by atoms with Gasteiger partial charge < -0.3 is 5.32 Å². The lowest BCUT2D eigenvalue weighted by molar-refractivity contribution is 0.710. The van der Waals surface area contributed by atoms with Gasteiger partial charge in [-0.3, -0.25) is 4.68 Å². The molecule has 0 radical (unpaired) electrons. The van der Waals surface area contributed by atoms with Crippen molar-refractivity contribution >= 4 is 0 Å². The van der Waals surface area contributed by atoms with Crippen LogP contribution in [-0.4, -0.2) is 16.3 Å². The fourth-order valence-electron chi connectivity index (χ4n) is 1.32. The topological polar surface area (TPSA) is 29.9 Å². The minimum Gasteiger partial charge on any atom is -0.313 e. The summed E-state index contributed by atoms with van der Waals surface area (Å²) in [4.78, 5) is 0. The molecule has 1 N–H and O–H groups in total. The molecule has 0 amide bonds. The molecule has 0 unspecified atom stereocenters. The van der Waals surface area contributed by atoms with Crippen LogP contribution in [0.15, 0.2) is 0 Å². The van der Waals surface area contributed by atoms with Gasteiger partial charge in [-0.15, -0.1) is 0 Å². The van der Waals surface area contributed by atoms with E-state index in [9.17, 15) is 0 Å². The Morgan fingerprint density at radius 1 is 1.42 bits per heavy atom. The van der Waals surface area contributed by atoms with Gasteiger partial charge >= 0.3 is 0 Å². The van der Waals surface area contributed by atoms with E-state index in [0.717, 1.165) is 18.8 Å². The van der Waals surface area contributed by atoms with Gasteiger partial charge in [0.25, 0.3) is 0 Å². The zero-order chi connectivity index (χ0) is 9.14. The van der Waals surface area contributed by atoms with E-state index in [1.165, 1.54) is 11.3 Å². The smallest absolute Gasteiger partial charge is 0.0641 e. The molecule has 1 heterocycles. The van der Waals surface area contributed by atoms with Gasteiger partial charge in [-0.2, -0.15) is 5.10 Å². The summed E-state index contributed by atoms with van der Waals surface area (Å²) >= 11 is 0. The second-order valence-electron chi connectivity index (χ2n) is 3.05. The number of aromatic nitrogens is 2. The van der Waals surface area contributed by atoms with Crippen molar-refractivity contribution in [3.05, 3.63) is 17.0 Å². The lowest BCUT2D eigenvalue weighted by Gasteiger charge is -2.01. The lowest BCUT2D eigenvalue weighted by atomic mass is 10.2. The van der Waals surface area contributed by atoms with Crippen LogP contribution in [0.2, 0.25) is 0 Å². The van der Waals surface area contributed by atoms with Gasteiger partial charge in [0, 0.05) is 24.8 Å². The summed E-state index contributed by atoms with van der Waals surface area (Å²) in [6, 6.07) is 0. The Morgan fingerprint density at radius 2 is 2.08 bits per heavy atom. The van der Waals surface area contributed by atoms with Crippen molar-refractivity contribution in [3.63, 3.8) is 0 Å². The van der Waals surface area contributed by atoms with E-state index in [1.807, 2.05) is 11.7 Å². The first-order valence-electron chi connectivity index (χ1n) is 4.36. The van der Waals surface area contributed by atoms with Gasteiger partial charge in [-0.1, -0.05) is 6.92 Å². The Morgan fingerprint density at radius 3 is 2.50 bits per heavy atom. The molecule has 0 aromatic carbocycles. The number of hydrogen-bond donors (Lipinski definition) is 1. The van der Waals surface area contributed by atoms with Gasteiger partial charge in [0.15, 0.2) is 0 Å². The van der Waals surface area contributed by atoms with E-state index in [1.54, 1.807) is 0 Å². The molecule has 12 heavy (non-hydrogen) atoms. The minimum atomic E-state index is 0.933. The largest absolute Gasteiger partial charge is 0.313 e. The van der Waals surface area contributed by atoms with Crippen LogP contribution in [-0.2, 0) is 13.6 Å². The van der Waals surface area contributed by atoms with E-state index in [2.05, 4.69) is 31.2 Å². The first kappa shape index (κ1) is 9.26. The number of aryl methyl sites for hydroxylation is 2. The number of rotatable bonds is 3. The summed E-state index contributed by atoms with van der Waals surface area (Å²) in [6.45, 7) is 8.21. The fourth-order valence-corrected chi connectivity index (χ4v) is 1.32. The minimum absolute atomic E-state index is 0.933. The van der Waals surface area contributed by atoms with Crippen LogP contribution >= 0.6 is 0 Å². The van der Waals surface area contributed by atoms with Gasteiger partial charge in [0.2, 0.25) is 0 Å². The SMILES string of the molecule is CCNCc1c(C)nn(C)c1C. The molecule has 0 spiro atoms. The summed E-state index contributed by atoms with van der Waals surface area (Å²) in [7, 11) is 1.98. The summed E-state index contributed by atoms with van der Waals surface area (Å²) in [5.74, 6) is 0. The maximum absolute atomic E-state index is 4.34. The molecule has 0 bridgehead atoms. The third-order valence-corrected chi connectivity index (χ3v) is 2.21. The monoisotopic (exact) mass is 167 g/mol. The zero-order valence-electron chi connectivity index (χ0n) is 8.31. The Labute approximate surface area is 73.8 Å². The van der Waals surface area contributed by atoms with Crippen LogP contribution in [0.3, 0.4) is 0 Å². The highest BCUT2D eigenvalue weighted by Gasteiger charge is 2.07. The van der Waals surface area contributed by atoms with Gasteiger partial charge in [0.05, 0.1) is 5.69 Å². The molecule has 3 heteroatoms. The highest BCUT2D eigenvalue weighted by molar-refractivity contribution is 5.23. The first-order chi connectivity index (χ1) is 5.66. The fraction of sp³-hybridized carbons (Fsp3) is 0.667. The molecule has 1 aromatic heterocycles. The molecule has 0 atom stereocenters. The van der Waals surface area contributed by atoms with Crippen LogP contribution in [0.5, 0.6) is 0 Å². The number of hydrogen-bond acceptors (Lipinski definition) is 2. The standard InChI is InChI=1S/C9H17N3/c1-5-10-6-9-7(2)11-12(4)8(9)3/h10H,5-6H2,1-4H3. The average Bonchev–Trinajstić information content (AvgIpc) is 2.25. The van der Waals surface area contributed by atoms with Crippen molar-refractivity contribution < 1.29 is 0 Å². The highest BCUT2D eigenvalue weighted by Crippen LogP contribution is 2.10. The number of nitrogens with zero attached hydrogens (tertiary/aromatic N) is 2. The highest BCUT2D eigenvalue weighted by atomic mass is 15.3. The molecule has 0 saturated heterocycles. The second-order valence-corrected chi connectivity index (χ2v) is 3.05. The van der Waals surface area contributed by atoms with Crippen molar-refractivity contribution in [1.82, 2.24) is 15.1 Å². The molecule has 1 rings (SSSR count). The van der Waals surface area contributed by atoms with E-state index in [4.69, 9.17) is 0 Å². The number of nitrogens with one attached hydrogen (secondary N) is 1. The molecule has 3 nitrogen and oxygen atoms in total. The van der Waals surface area contributed by atoms with Crippen molar-refractivity contribution in [2.75, 3.05) is 6.54 Å². The van der Waals surface area contributed by atoms with Crippen LogP contribution in [0.4, 0.5) is 0 Å². The second kappa shape index (κ2) is 3.72. The molecule has 0 aliphatic heterocycles.